The molecule has 0 bridgehead atoms. The van der Waals surface area contributed by atoms with Crippen molar-refractivity contribution in [1.29, 1.82) is 0 Å². The lowest BCUT2D eigenvalue weighted by Gasteiger charge is -2.15. The summed E-state index contributed by atoms with van der Waals surface area (Å²) in [7, 11) is 0. The first-order valence-corrected chi connectivity index (χ1v) is 5.99. The summed E-state index contributed by atoms with van der Waals surface area (Å²) in [6.45, 7) is 7.40. The molecule has 17 heavy (non-hydrogen) atoms. The van der Waals surface area contributed by atoms with Gasteiger partial charge in [0, 0.05) is 25.5 Å². The van der Waals surface area contributed by atoms with E-state index in [2.05, 4.69) is 29.5 Å². The van der Waals surface area contributed by atoms with Gasteiger partial charge in [0.05, 0.1) is 6.04 Å². The first kappa shape index (κ1) is 13.6. The predicted molar refractivity (Wildman–Crippen MR) is 68.4 cm³/mol. The molecule has 0 aliphatic heterocycles. The number of pyridine rings is 1. The second-order valence-corrected chi connectivity index (χ2v) is 4.60. The molecule has 1 unspecified atom stereocenters. The average Bonchev–Trinajstić information content (AvgIpc) is 2.34. The van der Waals surface area contributed by atoms with E-state index in [0.717, 1.165) is 12.1 Å². The van der Waals surface area contributed by atoms with Crippen molar-refractivity contribution in [2.24, 2.45) is 5.92 Å². The van der Waals surface area contributed by atoms with Gasteiger partial charge in [-0.05, 0) is 24.5 Å². The van der Waals surface area contributed by atoms with Gasteiger partial charge in [-0.25, -0.2) is 0 Å². The molecule has 2 N–H and O–H groups in total. The summed E-state index contributed by atoms with van der Waals surface area (Å²) < 4.78 is 0. The van der Waals surface area contributed by atoms with Gasteiger partial charge in [0.1, 0.15) is 0 Å². The molecule has 0 aliphatic carbocycles. The lowest BCUT2D eigenvalue weighted by molar-refractivity contribution is -0.122. The van der Waals surface area contributed by atoms with Crippen LogP contribution in [0.3, 0.4) is 0 Å². The molecular formula is C13H21N3O. The largest absolute Gasteiger partial charge is 0.354 e. The monoisotopic (exact) mass is 235 g/mol. The van der Waals surface area contributed by atoms with Crippen molar-refractivity contribution >= 4 is 5.91 Å². The summed E-state index contributed by atoms with van der Waals surface area (Å²) in [4.78, 5) is 15.7. The van der Waals surface area contributed by atoms with Crippen molar-refractivity contribution < 1.29 is 4.79 Å². The van der Waals surface area contributed by atoms with Crippen LogP contribution >= 0.6 is 0 Å². The van der Waals surface area contributed by atoms with Crippen LogP contribution in [0.25, 0.3) is 0 Å². The zero-order chi connectivity index (χ0) is 12.7. The van der Waals surface area contributed by atoms with E-state index < -0.39 is 0 Å². The Morgan fingerprint density at radius 1 is 1.41 bits per heavy atom. The van der Waals surface area contributed by atoms with Gasteiger partial charge in [0.2, 0.25) is 5.91 Å². The second kappa shape index (κ2) is 7.01. The third kappa shape index (κ3) is 5.45. The van der Waals surface area contributed by atoms with Crippen LogP contribution in [0.5, 0.6) is 0 Å². The summed E-state index contributed by atoms with van der Waals surface area (Å²) in [5.74, 6) is 0.520. The molecule has 94 valence electrons. The van der Waals surface area contributed by atoms with Crippen LogP contribution in [0.4, 0.5) is 0 Å². The number of amides is 1. The number of nitrogens with one attached hydrogen (secondary N) is 2. The highest BCUT2D eigenvalue weighted by Gasteiger charge is 2.11. The van der Waals surface area contributed by atoms with Crippen molar-refractivity contribution in [2.75, 3.05) is 6.54 Å². The molecule has 0 saturated heterocycles. The SMILES string of the molecule is CC(C)CNC(=O)C(C)NCc1cccnc1. The number of aromatic nitrogens is 1. The molecule has 1 amide bonds. The van der Waals surface area contributed by atoms with E-state index >= 15 is 0 Å². The minimum Gasteiger partial charge on any atom is -0.354 e. The fourth-order valence-corrected chi connectivity index (χ4v) is 1.32. The van der Waals surface area contributed by atoms with Crippen LogP contribution in [0.15, 0.2) is 24.5 Å². The zero-order valence-electron chi connectivity index (χ0n) is 10.7. The first-order valence-electron chi connectivity index (χ1n) is 5.99. The van der Waals surface area contributed by atoms with Gasteiger partial charge in [0.15, 0.2) is 0 Å². The van der Waals surface area contributed by atoms with Gasteiger partial charge in [0.25, 0.3) is 0 Å². The molecule has 1 heterocycles. The van der Waals surface area contributed by atoms with E-state index in [9.17, 15) is 4.79 Å². The molecule has 1 aromatic rings. The molecule has 0 aromatic carbocycles. The van der Waals surface area contributed by atoms with Gasteiger partial charge in [-0.3, -0.25) is 9.78 Å². The Kier molecular flexibility index (Phi) is 5.63. The maximum absolute atomic E-state index is 11.7. The second-order valence-electron chi connectivity index (χ2n) is 4.60. The maximum Gasteiger partial charge on any atom is 0.236 e. The quantitative estimate of drug-likeness (QED) is 0.782. The lowest BCUT2D eigenvalue weighted by atomic mass is 10.2. The average molecular weight is 235 g/mol. The topological polar surface area (TPSA) is 54.0 Å². The van der Waals surface area contributed by atoms with E-state index in [1.54, 1.807) is 12.4 Å². The van der Waals surface area contributed by atoms with Crippen molar-refractivity contribution in [3.05, 3.63) is 30.1 Å². The molecule has 0 saturated carbocycles. The van der Waals surface area contributed by atoms with E-state index in [1.807, 2.05) is 19.1 Å². The Morgan fingerprint density at radius 2 is 2.18 bits per heavy atom. The van der Waals surface area contributed by atoms with Crippen molar-refractivity contribution in [3.8, 4) is 0 Å². The van der Waals surface area contributed by atoms with Crippen molar-refractivity contribution in [3.63, 3.8) is 0 Å². The van der Waals surface area contributed by atoms with Gasteiger partial charge in [-0.15, -0.1) is 0 Å². The van der Waals surface area contributed by atoms with Gasteiger partial charge in [-0.1, -0.05) is 19.9 Å². The molecule has 0 aliphatic rings. The Morgan fingerprint density at radius 3 is 2.76 bits per heavy atom. The third-order valence-electron chi connectivity index (χ3n) is 2.41. The normalized spacial score (nSPS) is 12.5. The summed E-state index contributed by atoms with van der Waals surface area (Å²) in [5, 5.41) is 6.07. The van der Waals surface area contributed by atoms with Crippen LogP contribution in [-0.2, 0) is 11.3 Å². The summed E-state index contributed by atoms with van der Waals surface area (Å²) in [5.41, 5.74) is 1.08. The third-order valence-corrected chi connectivity index (χ3v) is 2.41. The summed E-state index contributed by atoms with van der Waals surface area (Å²) in [6.07, 6.45) is 3.54. The first-order chi connectivity index (χ1) is 8.09. The van der Waals surface area contributed by atoms with Gasteiger partial charge in [-0.2, -0.15) is 0 Å². The van der Waals surface area contributed by atoms with Crippen molar-refractivity contribution in [1.82, 2.24) is 15.6 Å². The zero-order valence-corrected chi connectivity index (χ0v) is 10.7. The van der Waals surface area contributed by atoms with E-state index in [1.165, 1.54) is 0 Å². The Bertz CT molecular complexity index is 338. The van der Waals surface area contributed by atoms with E-state index in [0.29, 0.717) is 12.5 Å². The number of carbonyl (C=O) groups is 1. The number of carbonyl (C=O) groups excluding carboxylic acids is 1. The fraction of sp³-hybridized carbons (Fsp3) is 0.538. The van der Waals surface area contributed by atoms with Crippen LogP contribution in [0, 0.1) is 5.92 Å². The number of rotatable bonds is 6. The summed E-state index contributed by atoms with van der Waals surface area (Å²) in [6, 6.07) is 3.69. The smallest absolute Gasteiger partial charge is 0.236 e. The molecule has 1 rings (SSSR count). The Hall–Kier alpha value is -1.42. The molecule has 0 fully saturated rings. The number of hydrogen-bond donors (Lipinski definition) is 2. The van der Waals surface area contributed by atoms with Crippen LogP contribution in [0.1, 0.15) is 26.3 Å². The van der Waals surface area contributed by atoms with Crippen LogP contribution in [-0.4, -0.2) is 23.5 Å². The Balaban J connectivity index is 2.29. The highest BCUT2D eigenvalue weighted by Crippen LogP contribution is 1.96. The van der Waals surface area contributed by atoms with Gasteiger partial charge < -0.3 is 10.6 Å². The highest BCUT2D eigenvalue weighted by atomic mass is 16.2. The van der Waals surface area contributed by atoms with Crippen molar-refractivity contribution in [2.45, 2.75) is 33.4 Å². The van der Waals surface area contributed by atoms with Gasteiger partial charge >= 0.3 is 0 Å². The predicted octanol–water partition coefficient (Wildman–Crippen LogP) is 1.33. The van der Waals surface area contributed by atoms with Crippen LogP contribution < -0.4 is 10.6 Å². The van der Waals surface area contributed by atoms with Crippen LogP contribution in [0.2, 0.25) is 0 Å². The standard InChI is InChI=1S/C13H21N3O/c1-10(2)7-16-13(17)11(3)15-9-12-5-4-6-14-8-12/h4-6,8,10-11,15H,7,9H2,1-3H3,(H,16,17). The molecule has 0 spiro atoms. The molecule has 1 aromatic heterocycles. The molecule has 0 radical (unpaired) electrons. The highest BCUT2D eigenvalue weighted by molar-refractivity contribution is 5.81. The molecule has 4 heteroatoms. The minimum absolute atomic E-state index is 0.0441. The summed E-state index contributed by atoms with van der Waals surface area (Å²) >= 11 is 0. The minimum atomic E-state index is -0.186. The lowest BCUT2D eigenvalue weighted by Crippen LogP contribution is -2.42. The van der Waals surface area contributed by atoms with E-state index in [4.69, 9.17) is 0 Å². The molecule has 1 atom stereocenters. The fourth-order valence-electron chi connectivity index (χ4n) is 1.32. The Labute approximate surface area is 103 Å². The number of hydrogen-bond acceptors (Lipinski definition) is 3. The maximum atomic E-state index is 11.7. The van der Waals surface area contributed by atoms with E-state index in [-0.39, 0.29) is 11.9 Å². The molecular weight excluding hydrogens is 214 g/mol. The number of nitrogens with zero attached hydrogens (tertiary/aromatic N) is 1. The molecule has 4 nitrogen and oxygen atoms in total.